The van der Waals surface area contributed by atoms with Gasteiger partial charge >= 0.3 is 0 Å². The predicted molar refractivity (Wildman–Crippen MR) is 88.9 cm³/mol. The maximum Gasteiger partial charge on any atom is 0.138 e. The second kappa shape index (κ2) is 5.37. The van der Waals surface area contributed by atoms with Gasteiger partial charge in [0.1, 0.15) is 17.2 Å². The van der Waals surface area contributed by atoms with Crippen LogP contribution in [-0.4, -0.2) is 21.4 Å². The summed E-state index contributed by atoms with van der Waals surface area (Å²) >= 11 is 0. The van der Waals surface area contributed by atoms with Gasteiger partial charge in [-0.3, -0.25) is 0 Å². The van der Waals surface area contributed by atoms with E-state index < -0.39 is 17.2 Å². The van der Waals surface area contributed by atoms with Gasteiger partial charge in [-0.05, 0) is 17.4 Å². The van der Waals surface area contributed by atoms with E-state index in [0.717, 1.165) is 0 Å². The Morgan fingerprint density at radius 1 is 1.22 bits per heavy atom. The van der Waals surface area contributed by atoms with E-state index in [-0.39, 0.29) is 0 Å². The van der Waals surface area contributed by atoms with Crippen molar-refractivity contribution >= 4 is 17.2 Å². The van der Waals surface area contributed by atoms with Crippen LogP contribution in [0.2, 0.25) is 32.7 Å². The molecule has 1 aliphatic rings. The molecule has 0 radical (unpaired) electrons. The summed E-state index contributed by atoms with van der Waals surface area (Å²) < 4.78 is 2.87. The summed E-state index contributed by atoms with van der Waals surface area (Å²) in [6, 6.07) is 0. The van der Waals surface area contributed by atoms with Crippen LogP contribution in [0.15, 0.2) is 23.4 Å². The quantitative estimate of drug-likeness (QED) is 0.672. The lowest BCUT2D eigenvalue weighted by molar-refractivity contribution is 0.410. The van der Waals surface area contributed by atoms with Gasteiger partial charge in [-0.15, -0.1) is 0 Å². The van der Waals surface area contributed by atoms with E-state index >= 15 is 0 Å². The van der Waals surface area contributed by atoms with E-state index in [4.69, 9.17) is 0 Å². The van der Waals surface area contributed by atoms with Crippen molar-refractivity contribution in [2.45, 2.75) is 66.3 Å². The van der Waals surface area contributed by atoms with Crippen LogP contribution in [0, 0.1) is 5.41 Å². The average molecular weight is 282 g/mol. The van der Waals surface area contributed by atoms with Gasteiger partial charge in [0.15, 0.2) is 0 Å². The molecule has 0 heterocycles. The van der Waals surface area contributed by atoms with E-state index in [0.29, 0.717) is 5.41 Å². The van der Waals surface area contributed by atoms with Gasteiger partial charge in [0, 0.05) is 12.1 Å². The summed E-state index contributed by atoms with van der Waals surface area (Å²) in [4.78, 5) is 0. The highest BCUT2D eigenvalue weighted by Gasteiger charge is 2.31. The van der Waals surface area contributed by atoms with Crippen LogP contribution < -0.4 is 0 Å². The second-order valence-corrected chi connectivity index (χ2v) is 16.0. The minimum Gasteiger partial charge on any atom is -0.430 e. The van der Waals surface area contributed by atoms with Crippen LogP contribution in [-0.2, 0) is 0 Å². The maximum absolute atomic E-state index is 2.87. The third-order valence-electron chi connectivity index (χ3n) is 3.25. The first kappa shape index (κ1) is 15.8. The molecule has 0 aromatic heterocycles. The fourth-order valence-electron chi connectivity index (χ4n) is 3.02. The molecule has 0 unspecified atom stereocenters. The van der Waals surface area contributed by atoms with Gasteiger partial charge in [-0.2, -0.15) is 0 Å². The summed E-state index contributed by atoms with van der Waals surface area (Å²) in [6.07, 6.45) is 7.12. The SMILES string of the molecule is C[SiH](C)N(C1=C(CC(C)(C)C)C=CC1)[Si](C)(C)C. The molecule has 18 heavy (non-hydrogen) atoms. The summed E-state index contributed by atoms with van der Waals surface area (Å²) in [7, 11) is -2.01. The van der Waals surface area contributed by atoms with Gasteiger partial charge in [0.05, 0.1) is 0 Å². The molecule has 1 aliphatic carbocycles. The second-order valence-electron chi connectivity index (χ2n) is 7.95. The largest absolute Gasteiger partial charge is 0.430 e. The smallest absolute Gasteiger partial charge is 0.138 e. The lowest BCUT2D eigenvalue weighted by Crippen LogP contribution is -2.51. The summed E-state index contributed by atoms with van der Waals surface area (Å²) in [6.45, 7) is 19.4. The van der Waals surface area contributed by atoms with Crippen LogP contribution >= 0.6 is 0 Å². The Balaban J connectivity index is 3.08. The van der Waals surface area contributed by atoms with Crippen molar-refractivity contribution in [3.05, 3.63) is 23.4 Å². The summed E-state index contributed by atoms with van der Waals surface area (Å²) in [5.41, 5.74) is 3.65. The monoisotopic (exact) mass is 281 g/mol. The van der Waals surface area contributed by atoms with E-state index in [1.807, 2.05) is 0 Å². The Labute approximate surface area is 117 Å². The standard InChI is InChI=1S/C15H31NSi2/c1-15(2,3)12-13-10-9-11-14(13)16(17(4)5)18(6,7)8/h9-10,17H,11-12H2,1-8H3. The normalized spacial score (nSPS) is 16.9. The zero-order valence-corrected chi connectivity index (χ0v) is 15.7. The summed E-state index contributed by atoms with van der Waals surface area (Å²) in [5.74, 6) is 0. The zero-order valence-electron chi connectivity index (χ0n) is 13.6. The lowest BCUT2D eigenvalue weighted by atomic mass is 9.88. The molecule has 0 bridgehead atoms. The van der Waals surface area contributed by atoms with Crippen molar-refractivity contribution in [3.8, 4) is 0 Å². The Hall–Kier alpha value is -0.286. The number of rotatable bonds is 4. The molecular formula is C15H31NSi2. The number of hydrogen-bond donors (Lipinski definition) is 0. The average Bonchev–Trinajstić information content (AvgIpc) is 2.46. The molecule has 0 spiro atoms. The highest BCUT2D eigenvalue weighted by molar-refractivity contribution is 6.83. The van der Waals surface area contributed by atoms with Crippen molar-refractivity contribution in [3.63, 3.8) is 0 Å². The first-order valence-corrected chi connectivity index (χ1v) is 13.5. The van der Waals surface area contributed by atoms with Crippen LogP contribution in [0.3, 0.4) is 0 Å². The highest BCUT2D eigenvalue weighted by Crippen LogP contribution is 2.35. The van der Waals surface area contributed by atoms with E-state index in [1.165, 1.54) is 12.8 Å². The van der Waals surface area contributed by atoms with E-state index in [9.17, 15) is 0 Å². The van der Waals surface area contributed by atoms with Crippen LogP contribution in [0.1, 0.15) is 33.6 Å². The molecule has 0 saturated carbocycles. The molecule has 0 N–H and O–H groups in total. The van der Waals surface area contributed by atoms with Crippen molar-refractivity contribution in [2.75, 3.05) is 0 Å². The topological polar surface area (TPSA) is 3.24 Å². The highest BCUT2D eigenvalue weighted by atomic mass is 28.4. The van der Waals surface area contributed by atoms with Gasteiger partial charge in [0.2, 0.25) is 0 Å². The fourth-order valence-corrected chi connectivity index (χ4v) is 11.2. The van der Waals surface area contributed by atoms with Gasteiger partial charge in [-0.1, -0.05) is 65.7 Å². The van der Waals surface area contributed by atoms with Crippen molar-refractivity contribution in [2.24, 2.45) is 5.41 Å². The van der Waals surface area contributed by atoms with Gasteiger partial charge in [-0.25, -0.2) is 0 Å². The van der Waals surface area contributed by atoms with Crippen LogP contribution in [0.5, 0.6) is 0 Å². The minimum atomic E-state index is -1.23. The Bertz CT molecular complexity index is 354. The Morgan fingerprint density at radius 3 is 2.17 bits per heavy atom. The molecule has 1 nitrogen and oxygen atoms in total. The van der Waals surface area contributed by atoms with Crippen molar-refractivity contribution < 1.29 is 0 Å². The molecular weight excluding hydrogens is 250 g/mol. The molecule has 0 aromatic rings. The van der Waals surface area contributed by atoms with Crippen LogP contribution in [0.25, 0.3) is 0 Å². The number of nitrogens with zero attached hydrogens (tertiary/aromatic N) is 1. The molecule has 0 aliphatic heterocycles. The molecule has 104 valence electrons. The molecule has 0 fully saturated rings. The first-order chi connectivity index (χ1) is 8.02. The zero-order chi connectivity index (χ0) is 14.1. The molecule has 1 rings (SSSR count). The predicted octanol–water partition coefficient (Wildman–Crippen LogP) is 4.76. The Morgan fingerprint density at radius 2 is 1.78 bits per heavy atom. The van der Waals surface area contributed by atoms with E-state index in [1.54, 1.807) is 11.3 Å². The van der Waals surface area contributed by atoms with Gasteiger partial charge in [0.25, 0.3) is 0 Å². The third kappa shape index (κ3) is 4.13. The molecule has 3 heteroatoms. The number of allylic oxidation sites excluding steroid dienone is 3. The van der Waals surface area contributed by atoms with Crippen molar-refractivity contribution in [1.29, 1.82) is 0 Å². The molecule has 0 amide bonds. The minimum absolute atomic E-state index is 0.388. The third-order valence-corrected chi connectivity index (χ3v) is 10.2. The van der Waals surface area contributed by atoms with E-state index in [2.05, 4.69) is 69.9 Å². The molecule has 0 aromatic carbocycles. The van der Waals surface area contributed by atoms with Gasteiger partial charge < -0.3 is 4.23 Å². The maximum atomic E-state index is 2.87. The van der Waals surface area contributed by atoms with Crippen molar-refractivity contribution in [1.82, 2.24) is 4.23 Å². The van der Waals surface area contributed by atoms with Crippen LogP contribution in [0.4, 0.5) is 0 Å². The molecule has 0 atom stereocenters. The Kier molecular flexibility index (Phi) is 4.71. The molecule has 0 saturated heterocycles. The fraction of sp³-hybridized carbons (Fsp3) is 0.733. The number of hydrogen-bond acceptors (Lipinski definition) is 1. The first-order valence-electron chi connectivity index (χ1n) is 7.20. The summed E-state index contributed by atoms with van der Waals surface area (Å²) in [5, 5.41) is 0. The lowest BCUT2D eigenvalue weighted by Gasteiger charge is -2.42.